The molecule has 0 bridgehead atoms. The van der Waals surface area contributed by atoms with E-state index in [9.17, 15) is 9.59 Å². The van der Waals surface area contributed by atoms with Gasteiger partial charge in [-0.05, 0) is 17.7 Å². The van der Waals surface area contributed by atoms with Crippen molar-refractivity contribution >= 4 is 16.8 Å². The van der Waals surface area contributed by atoms with Crippen LogP contribution in [0, 0.1) is 0 Å². The summed E-state index contributed by atoms with van der Waals surface area (Å²) in [7, 11) is 0. The number of nitrogens with one attached hydrogen (secondary N) is 1. The van der Waals surface area contributed by atoms with Crippen molar-refractivity contribution < 1.29 is 14.3 Å². The van der Waals surface area contributed by atoms with Crippen LogP contribution in [0.2, 0.25) is 0 Å². The topological polar surface area (TPSA) is 71.6 Å². The standard InChI is InChI=1S/C22H22N2O4/c1-2-21(25)24(13-15-6-4-3-5-7-15)14-17-10-16-11-19-20(28-9-8-27-19)12-18(16)23-22(17)26/h3-7,10-12H,2,8-9,13-14H2,1H3,(H,23,26). The number of aromatic nitrogens is 1. The van der Waals surface area contributed by atoms with Crippen molar-refractivity contribution in [2.75, 3.05) is 13.2 Å². The molecule has 1 aromatic heterocycles. The molecule has 1 amide bonds. The van der Waals surface area contributed by atoms with Gasteiger partial charge in [-0.2, -0.15) is 0 Å². The lowest BCUT2D eigenvalue weighted by molar-refractivity contribution is -0.132. The first kappa shape index (κ1) is 18.1. The van der Waals surface area contributed by atoms with Gasteiger partial charge in [0.1, 0.15) is 13.2 Å². The normalized spacial score (nSPS) is 12.8. The van der Waals surface area contributed by atoms with E-state index >= 15 is 0 Å². The molecule has 2 aromatic carbocycles. The Labute approximate surface area is 162 Å². The lowest BCUT2D eigenvalue weighted by Crippen LogP contribution is -2.31. The molecule has 6 heteroatoms. The number of ether oxygens (including phenoxy) is 2. The molecule has 1 N–H and O–H groups in total. The maximum absolute atomic E-state index is 12.6. The third-order valence-electron chi connectivity index (χ3n) is 4.82. The van der Waals surface area contributed by atoms with Crippen molar-refractivity contribution in [3.63, 3.8) is 0 Å². The first-order valence-corrected chi connectivity index (χ1v) is 9.41. The molecule has 0 unspecified atom stereocenters. The molecule has 28 heavy (non-hydrogen) atoms. The van der Waals surface area contributed by atoms with Gasteiger partial charge in [-0.3, -0.25) is 9.59 Å². The number of amides is 1. The second-order valence-electron chi connectivity index (χ2n) is 6.80. The number of nitrogens with zero attached hydrogens (tertiary/aromatic N) is 1. The fourth-order valence-electron chi connectivity index (χ4n) is 3.37. The molecular weight excluding hydrogens is 356 g/mol. The minimum absolute atomic E-state index is 0.00512. The highest BCUT2D eigenvalue weighted by Crippen LogP contribution is 2.33. The van der Waals surface area contributed by atoms with Crippen LogP contribution < -0.4 is 15.0 Å². The minimum Gasteiger partial charge on any atom is -0.486 e. The van der Waals surface area contributed by atoms with Gasteiger partial charge in [0, 0.05) is 30.0 Å². The highest BCUT2D eigenvalue weighted by molar-refractivity contribution is 5.83. The van der Waals surface area contributed by atoms with Gasteiger partial charge in [0.15, 0.2) is 11.5 Å². The third kappa shape index (κ3) is 3.71. The number of carbonyl (C=O) groups excluding carboxylic acids is 1. The number of carbonyl (C=O) groups is 1. The molecule has 1 aliphatic rings. The molecule has 0 atom stereocenters. The van der Waals surface area contributed by atoms with E-state index in [1.807, 2.05) is 49.4 Å². The Hall–Kier alpha value is -3.28. The van der Waals surface area contributed by atoms with Crippen LogP contribution in [-0.4, -0.2) is 29.0 Å². The average Bonchev–Trinajstić information content (AvgIpc) is 2.72. The minimum atomic E-state index is -0.203. The Morgan fingerprint density at radius 2 is 1.75 bits per heavy atom. The number of pyridine rings is 1. The Morgan fingerprint density at radius 3 is 2.46 bits per heavy atom. The highest BCUT2D eigenvalue weighted by atomic mass is 16.6. The summed E-state index contributed by atoms with van der Waals surface area (Å²) in [4.78, 5) is 29.7. The predicted octanol–water partition coefficient (Wildman–Crippen LogP) is 3.24. The number of hydrogen-bond acceptors (Lipinski definition) is 4. The molecule has 0 fully saturated rings. The number of hydrogen-bond donors (Lipinski definition) is 1. The van der Waals surface area contributed by atoms with Crippen LogP contribution in [-0.2, 0) is 17.9 Å². The maximum atomic E-state index is 12.6. The third-order valence-corrected chi connectivity index (χ3v) is 4.82. The summed E-state index contributed by atoms with van der Waals surface area (Å²) in [6.45, 7) is 3.54. The molecule has 4 rings (SSSR count). The number of benzene rings is 2. The second kappa shape index (κ2) is 7.76. The van der Waals surface area contributed by atoms with Gasteiger partial charge in [0.05, 0.1) is 12.1 Å². The van der Waals surface area contributed by atoms with Gasteiger partial charge in [-0.15, -0.1) is 0 Å². The quantitative estimate of drug-likeness (QED) is 0.740. The van der Waals surface area contributed by atoms with Crippen LogP contribution in [0.5, 0.6) is 11.5 Å². The van der Waals surface area contributed by atoms with Gasteiger partial charge in [-0.25, -0.2) is 0 Å². The number of fused-ring (bicyclic) bond motifs is 2. The zero-order valence-corrected chi connectivity index (χ0v) is 15.7. The highest BCUT2D eigenvalue weighted by Gasteiger charge is 2.17. The summed E-state index contributed by atoms with van der Waals surface area (Å²) < 4.78 is 11.2. The van der Waals surface area contributed by atoms with E-state index in [1.54, 1.807) is 11.0 Å². The van der Waals surface area contributed by atoms with E-state index in [4.69, 9.17) is 9.47 Å². The molecule has 6 nitrogen and oxygen atoms in total. The zero-order chi connectivity index (χ0) is 19.5. The Kier molecular flexibility index (Phi) is 5.02. The summed E-state index contributed by atoms with van der Waals surface area (Å²) >= 11 is 0. The molecule has 2 heterocycles. The van der Waals surface area contributed by atoms with Gasteiger partial charge in [-0.1, -0.05) is 37.3 Å². The summed E-state index contributed by atoms with van der Waals surface area (Å²) in [5.74, 6) is 1.31. The van der Waals surface area contributed by atoms with Crippen LogP contribution >= 0.6 is 0 Å². The fourth-order valence-corrected chi connectivity index (χ4v) is 3.37. The van der Waals surface area contributed by atoms with E-state index < -0.39 is 0 Å². The summed E-state index contributed by atoms with van der Waals surface area (Å²) in [6.07, 6.45) is 0.386. The van der Waals surface area contributed by atoms with Gasteiger partial charge < -0.3 is 19.4 Å². The monoisotopic (exact) mass is 378 g/mol. The summed E-state index contributed by atoms with van der Waals surface area (Å²) in [5.41, 5.74) is 2.06. The Balaban J connectivity index is 1.67. The molecule has 144 valence electrons. The molecule has 1 aliphatic heterocycles. The van der Waals surface area contributed by atoms with Crippen LogP contribution in [0.25, 0.3) is 10.9 Å². The van der Waals surface area contributed by atoms with E-state index in [1.165, 1.54) is 0 Å². The lowest BCUT2D eigenvalue weighted by atomic mass is 10.1. The Morgan fingerprint density at radius 1 is 1.04 bits per heavy atom. The van der Waals surface area contributed by atoms with Crippen molar-refractivity contribution in [2.24, 2.45) is 0 Å². The van der Waals surface area contributed by atoms with Crippen molar-refractivity contribution in [3.8, 4) is 11.5 Å². The van der Waals surface area contributed by atoms with Gasteiger partial charge in [0.25, 0.3) is 5.56 Å². The number of H-pyrrole nitrogens is 1. The van der Waals surface area contributed by atoms with Crippen molar-refractivity contribution in [1.29, 1.82) is 0 Å². The number of aromatic amines is 1. The summed E-state index contributed by atoms with van der Waals surface area (Å²) in [6, 6.07) is 15.3. The average molecular weight is 378 g/mol. The zero-order valence-electron chi connectivity index (χ0n) is 15.7. The SMILES string of the molecule is CCC(=O)N(Cc1ccccc1)Cc1cc2cc3c(cc2[nH]c1=O)OCCO3. The molecule has 3 aromatic rings. The fraction of sp³-hybridized carbons (Fsp3) is 0.273. The second-order valence-corrected chi connectivity index (χ2v) is 6.80. The van der Waals surface area contributed by atoms with E-state index in [0.717, 1.165) is 10.9 Å². The molecule has 0 saturated carbocycles. The Bertz CT molecular complexity index is 1060. The van der Waals surface area contributed by atoms with Gasteiger partial charge >= 0.3 is 0 Å². The summed E-state index contributed by atoms with van der Waals surface area (Å²) in [5, 5.41) is 0.849. The van der Waals surface area contributed by atoms with E-state index in [-0.39, 0.29) is 18.0 Å². The van der Waals surface area contributed by atoms with Crippen molar-refractivity contribution in [3.05, 3.63) is 70.0 Å². The van der Waals surface area contributed by atoms with Crippen LogP contribution in [0.15, 0.2) is 53.3 Å². The number of rotatable bonds is 5. The molecule has 0 radical (unpaired) electrons. The first-order valence-electron chi connectivity index (χ1n) is 9.41. The van der Waals surface area contributed by atoms with E-state index in [2.05, 4.69) is 4.98 Å². The molecule has 0 spiro atoms. The maximum Gasteiger partial charge on any atom is 0.253 e. The predicted molar refractivity (Wildman–Crippen MR) is 107 cm³/mol. The van der Waals surface area contributed by atoms with Crippen LogP contribution in [0.1, 0.15) is 24.5 Å². The molecular formula is C22H22N2O4. The van der Waals surface area contributed by atoms with E-state index in [0.29, 0.717) is 48.8 Å². The lowest BCUT2D eigenvalue weighted by Gasteiger charge is -2.23. The molecule has 0 aliphatic carbocycles. The van der Waals surface area contributed by atoms with Crippen LogP contribution in [0.3, 0.4) is 0 Å². The first-order chi connectivity index (χ1) is 13.6. The molecule has 0 saturated heterocycles. The van der Waals surface area contributed by atoms with Crippen molar-refractivity contribution in [1.82, 2.24) is 9.88 Å². The van der Waals surface area contributed by atoms with Crippen molar-refractivity contribution in [2.45, 2.75) is 26.4 Å². The van der Waals surface area contributed by atoms with Crippen LogP contribution in [0.4, 0.5) is 0 Å². The van der Waals surface area contributed by atoms with Gasteiger partial charge in [0.2, 0.25) is 5.91 Å². The smallest absolute Gasteiger partial charge is 0.253 e. The largest absolute Gasteiger partial charge is 0.486 e.